The van der Waals surface area contributed by atoms with E-state index >= 15 is 0 Å². The number of fused-ring (bicyclic) bond motifs is 1. The molecule has 6 rings (SSSR count). The number of phenolic OH excluding ortho intramolecular Hbond substituents is 1. The first-order valence-electron chi connectivity index (χ1n) is 13.3. The zero-order valence-corrected chi connectivity index (χ0v) is 21.2. The van der Waals surface area contributed by atoms with Gasteiger partial charge in [0.15, 0.2) is 0 Å². The third-order valence-corrected chi connectivity index (χ3v) is 7.65. The van der Waals surface area contributed by atoms with Gasteiger partial charge in [-0.05, 0) is 91.0 Å². The number of phenols is 1. The Morgan fingerprint density at radius 1 is 0.919 bits per heavy atom. The minimum absolute atomic E-state index is 0.122. The second-order valence-electron chi connectivity index (χ2n) is 10.1. The smallest absolute Gasteiger partial charge is 0.119 e. The molecule has 37 heavy (non-hydrogen) atoms. The lowest BCUT2D eigenvalue weighted by molar-refractivity contribution is 0.204. The monoisotopic (exact) mass is 494 g/mol. The van der Waals surface area contributed by atoms with Gasteiger partial charge in [0.05, 0.1) is 12.4 Å². The zero-order valence-electron chi connectivity index (χ0n) is 21.2. The molecule has 1 aromatic heterocycles. The third-order valence-electron chi connectivity index (χ3n) is 7.65. The van der Waals surface area contributed by atoms with Crippen molar-refractivity contribution < 1.29 is 9.84 Å². The summed E-state index contributed by atoms with van der Waals surface area (Å²) in [4.78, 5) is 9.16. The van der Waals surface area contributed by atoms with Gasteiger partial charge < -0.3 is 14.4 Å². The number of aromatic hydroxyl groups is 1. The molecule has 3 heterocycles. The summed E-state index contributed by atoms with van der Waals surface area (Å²) in [5.74, 6) is 1.26. The highest BCUT2D eigenvalue weighted by Gasteiger charge is 2.29. The van der Waals surface area contributed by atoms with Crippen LogP contribution in [0, 0.1) is 0 Å². The van der Waals surface area contributed by atoms with Crippen molar-refractivity contribution in [1.29, 1.82) is 0 Å². The molecule has 0 aliphatic carbocycles. The van der Waals surface area contributed by atoms with Gasteiger partial charge in [0.2, 0.25) is 0 Å². The molecule has 1 N–H and O–H groups in total. The molecule has 2 aliphatic rings. The van der Waals surface area contributed by atoms with Crippen molar-refractivity contribution in [2.75, 3.05) is 32.8 Å². The predicted molar refractivity (Wildman–Crippen MR) is 145 cm³/mol. The van der Waals surface area contributed by atoms with E-state index in [1.165, 1.54) is 48.2 Å². The van der Waals surface area contributed by atoms with Gasteiger partial charge in [-0.25, -0.2) is 4.98 Å². The van der Waals surface area contributed by atoms with Gasteiger partial charge in [0.1, 0.15) is 18.1 Å². The van der Waals surface area contributed by atoms with Gasteiger partial charge in [0.25, 0.3) is 0 Å². The fraction of sp³-hybridized carbons (Fsp3) is 0.323. The van der Waals surface area contributed by atoms with E-state index in [9.17, 15) is 5.11 Å². The Labute approximate surface area is 218 Å². The molecular formula is C31H34N4O2. The number of ether oxygens (including phenoxy) is 1. The van der Waals surface area contributed by atoms with Crippen molar-refractivity contribution >= 4 is 0 Å². The third kappa shape index (κ3) is 5.41. The van der Waals surface area contributed by atoms with E-state index in [-0.39, 0.29) is 6.04 Å². The first-order valence-corrected chi connectivity index (χ1v) is 13.3. The largest absolute Gasteiger partial charge is 0.508 e. The van der Waals surface area contributed by atoms with Gasteiger partial charge in [0, 0.05) is 37.7 Å². The fourth-order valence-corrected chi connectivity index (χ4v) is 5.69. The molecule has 1 saturated heterocycles. The van der Waals surface area contributed by atoms with Crippen molar-refractivity contribution in [3.63, 3.8) is 0 Å². The molecule has 1 fully saturated rings. The molecule has 0 saturated carbocycles. The molecule has 0 amide bonds. The molecule has 0 spiro atoms. The van der Waals surface area contributed by atoms with Crippen LogP contribution in [0.3, 0.4) is 0 Å². The Balaban J connectivity index is 1.21. The number of likely N-dealkylation sites (tertiary alicyclic amines) is 1. The highest BCUT2D eigenvalue weighted by atomic mass is 16.5. The number of imidazole rings is 1. The lowest BCUT2D eigenvalue weighted by Gasteiger charge is -2.38. The van der Waals surface area contributed by atoms with Crippen LogP contribution in [0.25, 0.3) is 5.69 Å². The first-order chi connectivity index (χ1) is 18.2. The number of aromatic nitrogens is 2. The second-order valence-corrected chi connectivity index (χ2v) is 10.1. The minimum Gasteiger partial charge on any atom is -0.508 e. The molecule has 0 bridgehead atoms. The van der Waals surface area contributed by atoms with Crippen LogP contribution in [-0.2, 0) is 13.0 Å². The summed E-state index contributed by atoms with van der Waals surface area (Å²) in [6, 6.07) is 23.3. The van der Waals surface area contributed by atoms with E-state index in [4.69, 9.17) is 4.74 Å². The Morgan fingerprint density at radius 3 is 2.49 bits per heavy atom. The Bertz CT molecular complexity index is 1300. The molecule has 0 radical (unpaired) electrons. The van der Waals surface area contributed by atoms with Crippen LogP contribution >= 0.6 is 0 Å². The highest BCUT2D eigenvalue weighted by Crippen LogP contribution is 2.38. The van der Waals surface area contributed by atoms with E-state index in [0.717, 1.165) is 44.1 Å². The summed E-state index contributed by atoms with van der Waals surface area (Å²) in [5.41, 5.74) is 6.12. The summed E-state index contributed by atoms with van der Waals surface area (Å²) in [6.07, 6.45) is 9.11. The van der Waals surface area contributed by atoms with E-state index in [1.807, 2.05) is 29.2 Å². The summed E-state index contributed by atoms with van der Waals surface area (Å²) in [7, 11) is 0. The van der Waals surface area contributed by atoms with E-state index in [0.29, 0.717) is 5.75 Å². The normalized spacial score (nSPS) is 18.1. The molecule has 4 aromatic rings. The van der Waals surface area contributed by atoms with E-state index in [2.05, 4.69) is 69.4 Å². The average Bonchev–Trinajstić information content (AvgIpc) is 3.65. The summed E-state index contributed by atoms with van der Waals surface area (Å²) in [6.45, 7) is 5.89. The molecule has 1 unspecified atom stereocenters. The predicted octanol–water partition coefficient (Wildman–Crippen LogP) is 5.20. The topological polar surface area (TPSA) is 53.8 Å². The maximum Gasteiger partial charge on any atom is 0.119 e. The summed E-state index contributed by atoms with van der Waals surface area (Å²) < 4.78 is 8.08. The fourth-order valence-electron chi connectivity index (χ4n) is 5.69. The lowest BCUT2D eigenvalue weighted by atomic mass is 9.87. The Morgan fingerprint density at radius 2 is 1.73 bits per heavy atom. The van der Waals surface area contributed by atoms with Crippen molar-refractivity contribution in [1.82, 2.24) is 19.4 Å². The van der Waals surface area contributed by atoms with Gasteiger partial charge >= 0.3 is 0 Å². The maximum absolute atomic E-state index is 10.1. The minimum atomic E-state index is 0.122. The van der Waals surface area contributed by atoms with Crippen LogP contribution in [0.4, 0.5) is 0 Å². The molecule has 6 heteroatoms. The van der Waals surface area contributed by atoms with Crippen molar-refractivity contribution in [2.45, 2.75) is 31.8 Å². The van der Waals surface area contributed by atoms with Crippen LogP contribution in [0.15, 0.2) is 85.5 Å². The van der Waals surface area contributed by atoms with Crippen molar-refractivity contribution in [3.8, 4) is 17.2 Å². The molecule has 3 aromatic carbocycles. The van der Waals surface area contributed by atoms with Crippen LogP contribution in [-0.4, -0.2) is 57.2 Å². The molecule has 6 nitrogen and oxygen atoms in total. The highest BCUT2D eigenvalue weighted by molar-refractivity contribution is 5.44. The zero-order chi connectivity index (χ0) is 25.0. The first kappa shape index (κ1) is 23.8. The second kappa shape index (κ2) is 10.8. The van der Waals surface area contributed by atoms with Crippen LogP contribution in [0.2, 0.25) is 0 Å². The lowest BCUT2D eigenvalue weighted by Crippen LogP contribution is -2.35. The standard InChI is InChI=1S/C31H34N4O2/c36-28-9-12-30-26(21-28)13-17-34(22-24-3-7-27(8-4-24)35-18-14-32-23-35)31(30)25-5-10-29(11-6-25)37-20-19-33-15-1-2-16-33/h3-12,14,18,21,23,31,36H,1-2,13,15-17,19-20,22H2. The van der Waals surface area contributed by atoms with Crippen LogP contribution in [0.1, 0.15) is 41.1 Å². The van der Waals surface area contributed by atoms with E-state index in [1.54, 1.807) is 6.20 Å². The number of hydrogen-bond donors (Lipinski definition) is 1. The molecule has 1 atom stereocenters. The van der Waals surface area contributed by atoms with Gasteiger partial charge in [-0.3, -0.25) is 9.80 Å². The van der Waals surface area contributed by atoms with Crippen LogP contribution < -0.4 is 4.74 Å². The average molecular weight is 495 g/mol. The number of rotatable bonds is 8. The van der Waals surface area contributed by atoms with Crippen molar-refractivity contribution in [3.05, 3.63) is 108 Å². The Kier molecular flexibility index (Phi) is 6.93. The number of nitrogens with zero attached hydrogens (tertiary/aromatic N) is 4. The number of benzene rings is 3. The SMILES string of the molecule is Oc1ccc2c(c1)CCN(Cc1ccc(-n3ccnc3)cc1)C2c1ccc(OCCN2CCCC2)cc1. The van der Waals surface area contributed by atoms with Gasteiger partial charge in [-0.2, -0.15) is 0 Å². The maximum atomic E-state index is 10.1. The molecular weight excluding hydrogens is 460 g/mol. The Hall–Kier alpha value is -3.61. The van der Waals surface area contributed by atoms with Crippen LogP contribution in [0.5, 0.6) is 11.5 Å². The van der Waals surface area contributed by atoms with E-state index < -0.39 is 0 Å². The summed E-state index contributed by atoms with van der Waals surface area (Å²) >= 11 is 0. The summed E-state index contributed by atoms with van der Waals surface area (Å²) in [5, 5.41) is 10.1. The molecule has 190 valence electrons. The van der Waals surface area contributed by atoms with Gasteiger partial charge in [-0.15, -0.1) is 0 Å². The quantitative estimate of drug-likeness (QED) is 0.365. The van der Waals surface area contributed by atoms with Gasteiger partial charge in [-0.1, -0.05) is 30.3 Å². The van der Waals surface area contributed by atoms with Crippen molar-refractivity contribution in [2.24, 2.45) is 0 Å². The number of hydrogen-bond acceptors (Lipinski definition) is 5. The molecule has 2 aliphatic heterocycles.